The average molecular weight is 1270 g/mol. The molecule has 486 valence electrons. The summed E-state index contributed by atoms with van der Waals surface area (Å²) in [6.45, 7) is 7.47. The number of nitrogens with zero attached hydrogens (tertiary/aromatic N) is 1. The van der Waals surface area contributed by atoms with Gasteiger partial charge in [0.1, 0.15) is 40.3 Å². The monoisotopic (exact) mass is 1270 g/mol. The van der Waals surface area contributed by atoms with Crippen molar-refractivity contribution in [2.75, 3.05) is 42.7 Å². The number of ketones is 1. The van der Waals surface area contributed by atoms with Crippen LogP contribution in [0.15, 0.2) is 59.6 Å². The number of carbonyl (C=O) groups excluding carboxylic acids is 1. The topological polar surface area (TPSA) is 234 Å². The van der Waals surface area contributed by atoms with E-state index < -0.39 is 28.1 Å². The number of phenols is 4. The molecule has 10 aromatic rings. The number of Topliss-reactive ketones (excluding diaryl/α,β-unsaturated/α-hetero) is 1. The van der Waals surface area contributed by atoms with E-state index in [4.69, 9.17) is 33.4 Å². The normalized spacial score (nSPS) is 18.2. The molecule has 5 aliphatic rings. The maximum absolute atomic E-state index is 14.1. The third-order valence-corrected chi connectivity index (χ3v) is 21.9. The van der Waals surface area contributed by atoms with Crippen LogP contribution in [0.5, 0.6) is 57.5 Å². The molecule has 16 nitrogen and oxygen atoms in total. The molecule has 4 N–H and O–H groups in total. The van der Waals surface area contributed by atoms with E-state index in [0.717, 1.165) is 105 Å². The molecular formula is C78H79NO15. The lowest BCUT2D eigenvalue weighted by molar-refractivity contribution is -0.117. The van der Waals surface area contributed by atoms with Crippen molar-refractivity contribution < 1.29 is 53.6 Å². The van der Waals surface area contributed by atoms with E-state index in [1.807, 2.05) is 13.0 Å². The molecule has 16 heteroatoms. The van der Waals surface area contributed by atoms with E-state index in [0.29, 0.717) is 123 Å². The molecule has 15 rings (SSSR count). The van der Waals surface area contributed by atoms with Gasteiger partial charge in [0.05, 0.1) is 70.1 Å². The van der Waals surface area contributed by atoms with Gasteiger partial charge >= 0.3 is 0 Å². The minimum Gasteiger partial charge on any atom is -0.507 e. The van der Waals surface area contributed by atoms with Crippen LogP contribution in [0.1, 0.15) is 169 Å². The second-order valence-corrected chi connectivity index (χ2v) is 27.1. The maximum Gasteiger partial charge on any atom is 0.194 e. The molecule has 0 spiro atoms. The Labute approximate surface area is 542 Å². The number of carbonyl (C=O) groups is 1. The summed E-state index contributed by atoms with van der Waals surface area (Å²) < 4.78 is 35.3. The third kappa shape index (κ3) is 9.10. The summed E-state index contributed by atoms with van der Waals surface area (Å²) in [4.78, 5) is 74.6. The summed E-state index contributed by atoms with van der Waals surface area (Å²) in [6, 6.07) is 5.65. The first-order chi connectivity index (χ1) is 45.3. The Kier molecular flexibility index (Phi) is 15.7. The fourth-order valence-electron chi connectivity index (χ4n) is 18.0. The number of hydrogen-bond donors (Lipinski definition) is 4. The number of hydrogen-bond acceptors (Lipinski definition) is 16. The fraction of sp³-hybridized carbons (Fsp3) is 0.410. The van der Waals surface area contributed by atoms with Gasteiger partial charge in [-0.1, -0.05) is 107 Å². The zero-order valence-corrected chi connectivity index (χ0v) is 55.1. The number of methoxy groups -OCH3 is 6. The average Bonchev–Trinajstić information content (AvgIpc) is 1.30. The van der Waals surface area contributed by atoms with Gasteiger partial charge in [-0.2, -0.15) is 0 Å². The summed E-state index contributed by atoms with van der Waals surface area (Å²) in [5.74, 6) is -0.0736. The zero-order valence-electron chi connectivity index (χ0n) is 55.1. The SMILES string of the molecule is COc1c(O)c2c(=O)cc(OC)c3c4c(OC)cc(=O)c5c(O)c(CC6CCCCC6)c6c(c(c1C(C(C)=NC1CCCCC1)C(C)=C6)c23)c54.COc1c(O)c2c(=O)cc(OC)c3c4c(OC)cc(=O)c5c(O)c(CC6CCCCC6)c6c(c(c1C(C(C)=O)C(C)=C6)c23)c54. The molecule has 0 bridgehead atoms. The largest absolute Gasteiger partial charge is 0.507 e. The quantitative estimate of drug-likeness (QED) is 0.0477. The van der Waals surface area contributed by atoms with Crippen LogP contribution in [0.3, 0.4) is 0 Å². The number of ether oxygens (including phenoxy) is 6. The number of fused-ring (bicyclic) bond motifs is 2. The van der Waals surface area contributed by atoms with E-state index in [1.165, 1.54) is 93.1 Å². The van der Waals surface area contributed by atoms with Crippen LogP contribution in [0, 0.1) is 11.8 Å². The second kappa shape index (κ2) is 23.7. The third-order valence-electron chi connectivity index (χ3n) is 21.9. The minimum absolute atomic E-state index is 0.000259. The molecule has 94 heavy (non-hydrogen) atoms. The van der Waals surface area contributed by atoms with Crippen LogP contribution in [0.25, 0.3) is 98.3 Å². The summed E-state index contributed by atoms with van der Waals surface area (Å²) in [6.07, 6.45) is 21.9. The summed E-state index contributed by atoms with van der Waals surface area (Å²) in [7, 11) is 8.84. The minimum atomic E-state index is -0.824. The Balaban J connectivity index is 0.000000164. The van der Waals surface area contributed by atoms with Crippen molar-refractivity contribution in [3.63, 3.8) is 0 Å². The number of aliphatic imine (C=N–C) groups is 1. The van der Waals surface area contributed by atoms with Gasteiger partial charge in [-0.3, -0.25) is 29.0 Å². The fourth-order valence-corrected chi connectivity index (χ4v) is 18.0. The van der Waals surface area contributed by atoms with E-state index in [-0.39, 0.29) is 84.8 Å². The van der Waals surface area contributed by atoms with Crippen LogP contribution in [0.2, 0.25) is 0 Å². The van der Waals surface area contributed by atoms with Crippen molar-refractivity contribution in [1.82, 2.24) is 0 Å². The van der Waals surface area contributed by atoms with Crippen molar-refractivity contribution >= 4 is 110 Å². The lowest BCUT2D eigenvalue weighted by Gasteiger charge is -2.27. The van der Waals surface area contributed by atoms with Gasteiger partial charge in [-0.15, -0.1) is 0 Å². The number of rotatable bonds is 13. The Hall–Kier alpha value is -9.18. The molecule has 2 atom stereocenters. The second-order valence-electron chi connectivity index (χ2n) is 27.1. The molecule has 3 saturated carbocycles. The van der Waals surface area contributed by atoms with Gasteiger partial charge < -0.3 is 48.8 Å². The number of benzene rings is 10. The summed E-state index contributed by atoms with van der Waals surface area (Å²) in [5.41, 5.74) is 4.99. The van der Waals surface area contributed by atoms with Crippen molar-refractivity contribution in [2.24, 2.45) is 16.8 Å². The van der Waals surface area contributed by atoms with Crippen LogP contribution >= 0.6 is 0 Å². The van der Waals surface area contributed by atoms with E-state index in [1.54, 1.807) is 0 Å². The Morgan fingerprint density at radius 1 is 0.404 bits per heavy atom. The first kappa shape index (κ1) is 62.3. The van der Waals surface area contributed by atoms with Gasteiger partial charge in [-0.05, 0) is 97.9 Å². The number of phenolic OH excluding ortho intramolecular Hbond substituents is 4. The zero-order chi connectivity index (χ0) is 66.2. The molecule has 5 aliphatic carbocycles. The number of allylic oxidation sites excluding steroid dienone is 2. The van der Waals surface area contributed by atoms with Gasteiger partial charge in [0.25, 0.3) is 0 Å². The van der Waals surface area contributed by atoms with Gasteiger partial charge in [0, 0.05) is 107 Å². The van der Waals surface area contributed by atoms with Crippen molar-refractivity contribution in [3.05, 3.63) is 110 Å². The first-order valence-electron chi connectivity index (χ1n) is 33.2. The highest BCUT2D eigenvalue weighted by Crippen LogP contribution is 2.61. The smallest absolute Gasteiger partial charge is 0.194 e. The molecule has 0 aliphatic heterocycles. The molecule has 2 unspecified atom stereocenters. The Bertz CT molecular complexity index is 5200. The Morgan fingerprint density at radius 2 is 0.723 bits per heavy atom. The highest BCUT2D eigenvalue weighted by Gasteiger charge is 2.41. The lowest BCUT2D eigenvalue weighted by atomic mass is 9.78. The lowest BCUT2D eigenvalue weighted by Crippen LogP contribution is -2.18. The van der Waals surface area contributed by atoms with Gasteiger partial charge in [0.2, 0.25) is 0 Å². The molecule has 0 heterocycles. The molecular weight excluding hydrogens is 1190 g/mol. The highest BCUT2D eigenvalue weighted by molar-refractivity contribution is 6.41. The molecule has 0 aromatic heterocycles. The molecule has 10 aromatic carbocycles. The summed E-state index contributed by atoms with van der Waals surface area (Å²) >= 11 is 0. The van der Waals surface area contributed by atoms with E-state index in [9.17, 15) is 44.4 Å². The molecule has 0 saturated heterocycles. The maximum atomic E-state index is 14.1. The van der Waals surface area contributed by atoms with Crippen molar-refractivity contribution in [2.45, 2.75) is 155 Å². The predicted octanol–water partition coefficient (Wildman–Crippen LogP) is 15.3. The van der Waals surface area contributed by atoms with Gasteiger partial charge in [0.15, 0.2) is 44.7 Å². The Morgan fingerprint density at radius 3 is 1.06 bits per heavy atom. The van der Waals surface area contributed by atoms with E-state index in [2.05, 4.69) is 19.9 Å². The van der Waals surface area contributed by atoms with Crippen LogP contribution in [-0.4, -0.2) is 80.6 Å². The molecule has 3 fully saturated rings. The summed E-state index contributed by atoms with van der Waals surface area (Å²) in [5, 5.41) is 55.2. The van der Waals surface area contributed by atoms with Crippen LogP contribution in [-0.2, 0) is 17.6 Å². The molecule has 0 amide bonds. The standard InChI is InChI=1S/C42H45NO7.C36H34O8/c1-20-16-24-25(17-22-12-8-6-9-13-22)40(46)32-26(44)18-28(48-3)34-35-29(49-4)19-27(45)33-38(35)37(31(24)36(32)34)39(42(50-5)41(33)47)30(20)21(2)43-23-14-10-7-11-15-23;1-15-11-18-19(12-17-9-7-6-8-10-17)34(40)26-20(38)13-22(42-3)28-29-23(43-4)14-21(39)27-32(29)31(25(18)30(26)28)33(24(15)16(2)37)36(44-5)35(27)41/h16,18-19,22-23,30,46-47H,6-15,17H2,1-5H3;11,13-14,17,24,40-41H,6-10,12H2,1-5H3. The van der Waals surface area contributed by atoms with E-state index >= 15 is 0 Å². The van der Waals surface area contributed by atoms with Crippen molar-refractivity contribution in [1.29, 1.82) is 0 Å². The highest BCUT2D eigenvalue weighted by atomic mass is 16.5. The predicted molar refractivity (Wildman–Crippen MR) is 373 cm³/mol. The first-order valence-corrected chi connectivity index (χ1v) is 33.2. The van der Waals surface area contributed by atoms with Gasteiger partial charge in [-0.25, -0.2) is 0 Å². The number of aromatic hydroxyl groups is 4. The van der Waals surface area contributed by atoms with Crippen LogP contribution in [0.4, 0.5) is 0 Å². The molecule has 0 radical (unpaired) electrons. The van der Waals surface area contributed by atoms with Crippen LogP contribution < -0.4 is 50.1 Å². The van der Waals surface area contributed by atoms with Crippen molar-refractivity contribution in [3.8, 4) is 57.5 Å².